The summed E-state index contributed by atoms with van der Waals surface area (Å²) < 4.78 is 10.3. The molecule has 0 radical (unpaired) electrons. The van der Waals surface area contributed by atoms with Crippen LogP contribution >= 0.6 is 23.5 Å². The molecule has 0 aromatic carbocycles. The summed E-state index contributed by atoms with van der Waals surface area (Å²) in [4.78, 5) is 4.36. The van der Waals surface area contributed by atoms with E-state index in [1.165, 1.54) is 5.75 Å². The molecular weight excluding hydrogens is 246 g/mol. The monoisotopic (exact) mass is 261 g/mol. The fourth-order valence-corrected chi connectivity index (χ4v) is 4.03. The Kier molecular flexibility index (Phi) is 4.51. The van der Waals surface area contributed by atoms with Gasteiger partial charge in [0.15, 0.2) is 5.82 Å². The quantitative estimate of drug-likeness (QED) is 0.874. The minimum Gasteiger partial charge on any atom is -0.370 e. The molecular formula is C9H15N3O2S2. The maximum atomic E-state index is 5.54. The van der Waals surface area contributed by atoms with E-state index in [9.17, 15) is 0 Å². The second-order valence-electron chi connectivity index (χ2n) is 3.39. The highest BCUT2D eigenvalue weighted by atomic mass is 32.2. The number of thioether (sulfide) groups is 2. The lowest BCUT2D eigenvalue weighted by atomic mass is 10.3. The fraction of sp³-hybridized carbons (Fsp3) is 0.778. The second-order valence-corrected chi connectivity index (χ2v) is 5.85. The number of hydrogen-bond donors (Lipinski definition) is 1. The molecule has 0 amide bonds. The molecule has 2 unspecified atom stereocenters. The smallest absolute Gasteiger partial charge is 0.257 e. The summed E-state index contributed by atoms with van der Waals surface area (Å²) in [6.07, 6.45) is -0.289. The van der Waals surface area contributed by atoms with Gasteiger partial charge in [-0.2, -0.15) is 16.7 Å². The molecule has 5 nitrogen and oxygen atoms in total. The molecule has 2 N–H and O–H groups in total. The molecule has 16 heavy (non-hydrogen) atoms. The zero-order valence-electron chi connectivity index (χ0n) is 9.09. The van der Waals surface area contributed by atoms with Crippen LogP contribution in [0.1, 0.15) is 23.1 Å². The van der Waals surface area contributed by atoms with Gasteiger partial charge in [-0.3, -0.25) is 0 Å². The van der Waals surface area contributed by atoms with Crippen molar-refractivity contribution in [2.45, 2.75) is 11.4 Å². The first-order chi connectivity index (χ1) is 7.85. The third-order valence-corrected chi connectivity index (χ3v) is 5.09. The molecule has 90 valence electrons. The number of rotatable bonds is 4. The molecule has 7 heteroatoms. The molecule has 0 bridgehead atoms. The van der Waals surface area contributed by atoms with Crippen LogP contribution in [0.4, 0.5) is 0 Å². The van der Waals surface area contributed by atoms with E-state index in [0.717, 1.165) is 17.3 Å². The summed E-state index contributed by atoms with van der Waals surface area (Å²) >= 11 is 3.81. The highest BCUT2D eigenvalue weighted by Gasteiger charge is 2.24. The average Bonchev–Trinajstić information content (AvgIpc) is 2.81. The van der Waals surface area contributed by atoms with Crippen molar-refractivity contribution in [1.29, 1.82) is 0 Å². The topological polar surface area (TPSA) is 74.2 Å². The lowest BCUT2D eigenvalue weighted by molar-refractivity contribution is 0.0804. The van der Waals surface area contributed by atoms with Gasteiger partial charge in [-0.25, -0.2) is 0 Å². The second kappa shape index (κ2) is 5.90. The first kappa shape index (κ1) is 12.2. The first-order valence-corrected chi connectivity index (χ1v) is 7.31. The Balaban J connectivity index is 2.05. The van der Waals surface area contributed by atoms with E-state index >= 15 is 0 Å². The van der Waals surface area contributed by atoms with Crippen LogP contribution in [0.5, 0.6) is 0 Å². The number of nitrogens with zero attached hydrogens (tertiary/aromatic N) is 2. The summed E-state index contributed by atoms with van der Waals surface area (Å²) in [5.74, 6) is 4.64. The normalized spacial score (nSPS) is 23.2. The number of hydrogen-bond acceptors (Lipinski definition) is 7. The van der Waals surface area contributed by atoms with Crippen LogP contribution in [-0.2, 0) is 4.74 Å². The van der Waals surface area contributed by atoms with Crippen molar-refractivity contribution < 1.29 is 9.26 Å². The van der Waals surface area contributed by atoms with Crippen molar-refractivity contribution in [1.82, 2.24) is 10.1 Å². The van der Waals surface area contributed by atoms with E-state index in [0.29, 0.717) is 17.7 Å². The van der Waals surface area contributed by atoms with E-state index in [2.05, 4.69) is 10.1 Å². The predicted molar refractivity (Wildman–Crippen MR) is 65.6 cm³/mol. The van der Waals surface area contributed by atoms with Gasteiger partial charge in [-0.05, 0) is 0 Å². The minimum absolute atomic E-state index is 0.289. The zero-order valence-corrected chi connectivity index (χ0v) is 10.7. The van der Waals surface area contributed by atoms with E-state index in [-0.39, 0.29) is 6.10 Å². The van der Waals surface area contributed by atoms with E-state index in [1.54, 1.807) is 7.11 Å². The Hall–Kier alpha value is -0.240. The first-order valence-electron chi connectivity index (χ1n) is 5.11. The van der Waals surface area contributed by atoms with Gasteiger partial charge < -0.3 is 15.0 Å². The van der Waals surface area contributed by atoms with Crippen LogP contribution in [0.3, 0.4) is 0 Å². The Bertz CT molecular complexity index is 324. The summed E-state index contributed by atoms with van der Waals surface area (Å²) in [5.41, 5.74) is 5.54. The maximum absolute atomic E-state index is 5.54. The molecule has 1 aromatic heterocycles. The highest BCUT2D eigenvalue weighted by Crippen LogP contribution is 2.35. The fourth-order valence-electron chi connectivity index (χ4n) is 1.44. The van der Waals surface area contributed by atoms with E-state index in [1.807, 2.05) is 23.5 Å². The van der Waals surface area contributed by atoms with Crippen molar-refractivity contribution in [2.24, 2.45) is 5.73 Å². The Morgan fingerprint density at radius 3 is 3.12 bits per heavy atom. The van der Waals surface area contributed by atoms with Crippen LogP contribution in [0, 0.1) is 0 Å². The predicted octanol–water partition coefficient (Wildman–Crippen LogP) is 1.24. The van der Waals surface area contributed by atoms with Crippen LogP contribution in [0.25, 0.3) is 0 Å². The van der Waals surface area contributed by atoms with Gasteiger partial charge in [0.25, 0.3) is 5.89 Å². The van der Waals surface area contributed by atoms with E-state index < -0.39 is 0 Å². The van der Waals surface area contributed by atoms with Crippen molar-refractivity contribution in [3.05, 3.63) is 11.7 Å². The summed E-state index contributed by atoms with van der Waals surface area (Å²) in [7, 11) is 1.59. The summed E-state index contributed by atoms with van der Waals surface area (Å²) in [6.45, 7) is 0.352. The molecule has 1 aliphatic rings. The van der Waals surface area contributed by atoms with Gasteiger partial charge in [-0.1, -0.05) is 5.16 Å². The average molecular weight is 261 g/mol. The Morgan fingerprint density at radius 2 is 2.50 bits per heavy atom. The van der Waals surface area contributed by atoms with Gasteiger partial charge in [-0.15, -0.1) is 11.8 Å². The minimum atomic E-state index is -0.289. The third kappa shape index (κ3) is 2.71. The molecule has 1 aromatic rings. The van der Waals surface area contributed by atoms with Crippen molar-refractivity contribution in [2.75, 3.05) is 30.9 Å². The number of nitrogens with two attached hydrogens (primary N) is 1. The molecule has 1 saturated heterocycles. The molecule has 2 atom stereocenters. The van der Waals surface area contributed by atoms with Gasteiger partial charge >= 0.3 is 0 Å². The third-order valence-electron chi connectivity index (χ3n) is 2.34. The zero-order chi connectivity index (χ0) is 11.4. The molecule has 0 saturated carbocycles. The summed E-state index contributed by atoms with van der Waals surface area (Å²) in [5, 5.41) is 4.34. The van der Waals surface area contributed by atoms with Gasteiger partial charge in [0.2, 0.25) is 0 Å². The summed E-state index contributed by atoms with van der Waals surface area (Å²) in [6, 6.07) is 0. The van der Waals surface area contributed by atoms with Gasteiger partial charge in [0.1, 0.15) is 6.10 Å². The standard InChI is InChI=1S/C9H15N3O2S2/c1-13-6(4-10)9-11-8(12-14-9)7-5-15-2-3-16-7/h6-7H,2-5,10H2,1H3. The SMILES string of the molecule is COC(CN)c1nc(C2CSCCS2)no1. The largest absolute Gasteiger partial charge is 0.370 e. The molecule has 2 heterocycles. The number of methoxy groups -OCH3 is 1. The number of aromatic nitrogens is 2. The molecule has 0 aliphatic carbocycles. The van der Waals surface area contributed by atoms with Crippen molar-refractivity contribution in [3.63, 3.8) is 0 Å². The van der Waals surface area contributed by atoms with Crippen LogP contribution < -0.4 is 5.73 Å². The van der Waals surface area contributed by atoms with Crippen LogP contribution in [0.15, 0.2) is 4.52 Å². The van der Waals surface area contributed by atoms with Crippen LogP contribution in [0.2, 0.25) is 0 Å². The van der Waals surface area contributed by atoms with E-state index in [4.69, 9.17) is 15.0 Å². The lowest BCUT2D eigenvalue weighted by Crippen LogP contribution is -2.15. The van der Waals surface area contributed by atoms with Gasteiger partial charge in [0, 0.05) is 30.9 Å². The molecule has 1 fully saturated rings. The highest BCUT2D eigenvalue weighted by molar-refractivity contribution is 8.06. The molecule has 0 spiro atoms. The Morgan fingerprint density at radius 1 is 1.62 bits per heavy atom. The molecule has 1 aliphatic heterocycles. The van der Waals surface area contributed by atoms with Gasteiger partial charge in [0.05, 0.1) is 5.25 Å². The van der Waals surface area contributed by atoms with Crippen molar-refractivity contribution in [3.8, 4) is 0 Å². The lowest BCUT2D eigenvalue weighted by Gasteiger charge is -2.17. The number of ether oxygens (including phenoxy) is 1. The maximum Gasteiger partial charge on any atom is 0.257 e. The van der Waals surface area contributed by atoms with Crippen molar-refractivity contribution >= 4 is 23.5 Å². The Labute approximate surface area is 103 Å². The molecule has 2 rings (SSSR count). The van der Waals surface area contributed by atoms with Crippen LogP contribution in [-0.4, -0.2) is 41.1 Å².